The van der Waals surface area contributed by atoms with Crippen molar-refractivity contribution in [3.8, 4) is 0 Å². The van der Waals surface area contributed by atoms with Gasteiger partial charge in [0.25, 0.3) is 0 Å². The van der Waals surface area contributed by atoms with Crippen LogP contribution < -0.4 is 21.3 Å². The van der Waals surface area contributed by atoms with Crippen molar-refractivity contribution in [3.05, 3.63) is 35.9 Å². The summed E-state index contributed by atoms with van der Waals surface area (Å²) in [5.41, 5.74) is 0.455. The maximum absolute atomic E-state index is 13.7. The highest BCUT2D eigenvalue weighted by atomic mass is 16.2. The molecule has 4 amide bonds. The summed E-state index contributed by atoms with van der Waals surface area (Å²) >= 11 is 0. The fourth-order valence-electron chi connectivity index (χ4n) is 5.43. The number of Topliss-reactive ketones (excluding diaryl/α,β-unsaturated/α-hetero) is 1. The van der Waals surface area contributed by atoms with Crippen molar-refractivity contribution in [3.63, 3.8) is 0 Å². The van der Waals surface area contributed by atoms with Crippen LogP contribution in [0, 0.1) is 17.3 Å². The first-order valence-corrected chi connectivity index (χ1v) is 17.6. The van der Waals surface area contributed by atoms with E-state index in [2.05, 4.69) is 40.0 Å². The lowest BCUT2D eigenvalue weighted by Crippen LogP contribution is -2.56. The van der Waals surface area contributed by atoms with Gasteiger partial charge in [0, 0.05) is 5.41 Å². The van der Waals surface area contributed by atoms with Crippen LogP contribution in [0.15, 0.2) is 30.3 Å². The molecule has 0 aliphatic carbocycles. The molecule has 266 valence electrons. The highest BCUT2D eigenvalue weighted by molar-refractivity contribution is 5.95. The van der Waals surface area contributed by atoms with E-state index in [0.717, 1.165) is 31.5 Å². The number of nitrogens with zero attached hydrogens (tertiary/aromatic N) is 1. The first kappa shape index (κ1) is 41.8. The van der Waals surface area contributed by atoms with E-state index in [0.29, 0.717) is 32.1 Å². The van der Waals surface area contributed by atoms with Gasteiger partial charge in [-0.05, 0) is 75.4 Å². The second-order valence-electron chi connectivity index (χ2n) is 14.2. The molecule has 4 N–H and O–H groups in total. The Hall–Kier alpha value is -3.27. The van der Waals surface area contributed by atoms with E-state index >= 15 is 0 Å². The Morgan fingerprint density at radius 3 is 1.81 bits per heavy atom. The Balaban J connectivity index is 3.03. The van der Waals surface area contributed by atoms with Gasteiger partial charge in [-0.15, -0.1) is 0 Å². The predicted molar refractivity (Wildman–Crippen MR) is 189 cm³/mol. The van der Waals surface area contributed by atoms with E-state index in [9.17, 15) is 24.0 Å². The van der Waals surface area contributed by atoms with Crippen LogP contribution >= 0.6 is 0 Å². The van der Waals surface area contributed by atoms with Crippen molar-refractivity contribution < 1.29 is 24.0 Å². The van der Waals surface area contributed by atoms with Crippen molar-refractivity contribution in [2.45, 2.75) is 125 Å². The first-order valence-electron chi connectivity index (χ1n) is 17.6. The Bertz CT molecular complexity index is 1120. The Kier molecular flexibility index (Phi) is 19.2. The van der Waals surface area contributed by atoms with Gasteiger partial charge in [-0.2, -0.15) is 0 Å². The molecule has 0 fully saturated rings. The van der Waals surface area contributed by atoms with Gasteiger partial charge in [-0.25, -0.2) is 0 Å². The van der Waals surface area contributed by atoms with Gasteiger partial charge in [0.05, 0.1) is 19.1 Å². The average Bonchev–Trinajstić information content (AvgIpc) is 3.01. The number of rotatable bonds is 23. The zero-order chi connectivity index (χ0) is 35.6. The average molecular weight is 658 g/mol. The minimum atomic E-state index is -0.907. The van der Waals surface area contributed by atoms with Crippen LogP contribution in [0.4, 0.5) is 0 Å². The van der Waals surface area contributed by atoms with Gasteiger partial charge >= 0.3 is 0 Å². The molecule has 10 heteroatoms. The molecule has 0 saturated carbocycles. The van der Waals surface area contributed by atoms with E-state index < -0.39 is 41.3 Å². The summed E-state index contributed by atoms with van der Waals surface area (Å²) in [6.07, 6.45) is 4.25. The molecule has 0 radical (unpaired) electrons. The summed E-state index contributed by atoms with van der Waals surface area (Å²) in [6.45, 7) is 19.1. The van der Waals surface area contributed by atoms with Crippen molar-refractivity contribution >= 4 is 29.4 Å². The van der Waals surface area contributed by atoms with Crippen molar-refractivity contribution in [2.24, 2.45) is 17.3 Å². The molecule has 0 aliphatic heterocycles. The number of benzene rings is 1. The van der Waals surface area contributed by atoms with Gasteiger partial charge in [0.2, 0.25) is 23.6 Å². The second-order valence-corrected chi connectivity index (χ2v) is 14.2. The van der Waals surface area contributed by atoms with Crippen LogP contribution in [0.5, 0.6) is 0 Å². The molecular formula is C37H63N5O5. The summed E-state index contributed by atoms with van der Waals surface area (Å²) in [5.74, 6) is -1.41. The molecule has 0 heterocycles. The van der Waals surface area contributed by atoms with E-state index in [1.165, 1.54) is 0 Å². The molecular weight excluding hydrogens is 594 g/mol. The minimum absolute atomic E-state index is 0.0329. The van der Waals surface area contributed by atoms with Crippen molar-refractivity contribution in [1.82, 2.24) is 26.2 Å². The number of aryl methyl sites for hydroxylation is 1. The predicted octanol–water partition coefficient (Wildman–Crippen LogP) is 4.41. The standard InChI is InChI=1S/C37H63N5O5/c1-10-20-42(21-11-2)25-33(44)39-29(19-18-28-16-14-13-15-17-28)36(47)41-31(23-27(6)7)35(46)38-24-32(43)40-30(22-26(4)5)34(45)37(8,9)12-3/h13-17,26-27,29-31H,10-12,18-25H2,1-9H3,(H,38,46)(H,39,44)(H,40,43)(H,41,47)/t29-,30?,31-/m0/s1. The number of ketones is 1. The zero-order valence-corrected chi connectivity index (χ0v) is 30.5. The normalized spacial score (nSPS) is 13.6. The minimum Gasteiger partial charge on any atom is -0.345 e. The lowest BCUT2D eigenvalue weighted by atomic mass is 9.80. The fraction of sp³-hybridized carbons (Fsp3) is 0.703. The van der Waals surface area contributed by atoms with Crippen LogP contribution in [0.25, 0.3) is 0 Å². The molecule has 0 spiro atoms. The molecule has 0 saturated heterocycles. The third kappa shape index (κ3) is 16.4. The Morgan fingerprint density at radius 2 is 1.28 bits per heavy atom. The number of amides is 4. The van der Waals surface area contributed by atoms with E-state index in [4.69, 9.17) is 0 Å². The smallest absolute Gasteiger partial charge is 0.243 e. The zero-order valence-electron chi connectivity index (χ0n) is 30.5. The highest BCUT2D eigenvalue weighted by Gasteiger charge is 2.34. The van der Waals surface area contributed by atoms with Gasteiger partial charge in [-0.3, -0.25) is 28.9 Å². The van der Waals surface area contributed by atoms with Gasteiger partial charge < -0.3 is 21.3 Å². The topological polar surface area (TPSA) is 137 Å². The Labute approximate surface area is 284 Å². The van der Waals surface area contributed by atoms with E-state index in [-0.39, 0.29) is 36.6 Å². The maximum atomic E-state index is 13.7. The molecule has 1 aromatic carbocycles. The molecule has 10 nitrogen and oxygen atoms in total. The Morgan fingerprint density at radius 1 is 0.723 bits per heavy atom. The van der Waals surface area contributed by atoms with Gasteiger partial charge in [-0.1, -0.05) is 92.6 Å². The summed E-state index contributed by atoms with van der Waals surface area (Å²) in [6, 6.07) is 7.34. The maximum Gasteiger partial charge on any atom is 0.243 e. The summed E-state index contributed by atoms with van der Waals surface area (Å²) in [5, 5.41) is 11.3. The molecule has 0 aliphatic rings. The molecule has 47 heavy (non-hydrogen) atoms. The van der Waals surface area contributed by atoms with E-state index in [1.807, 2.05) is 78.8 Å². The lowest BCUT2D eigenvalue weighted by Gasteiger charge is -2.29. The molecule has 0 bridgehead atoms. The number of hydrogen-bond acceptors (Lipinski definition) is 6. The third-order valence-corrected chi connectivity index (χ3v) is 8.34. The summed E-state index contributed by atoms with van der Waals surface area (Å²) in [7, 11) is 0. The lowest BCUT2D eigenvalue weighted by molar-refractivity contribution is -0.134. The SMILES string of the molecule is CCCN(CCC)CC(=O)N[C@@H](CCc1ccccc1)C(=O)N[C@@H](CC(C)C)C(=O)NCC(=O)NC(CC(C)C)C(=O)C(C)(C)CC. The van der Waals surface area contributed by atoms with Crippen molar-refractivity contribution in [2.75, 3.05) is 26.2 Å². The largest absolute Gasteiger partial charge is 0.345 e. The van der Waals surface area contributed by atoms with Crippen molar-refractivity contribution in [1.29, 1.82) is 0 Å². The van der Waals surface area contributed by atoms with Crippen LogP contribution in [0.3, 0.4) is 0 Å². The quantitative estimate of drug-likeness (QED) is 0.138. The second kappa shape index (κ2) is 21.6. The number of carbonyl (C=O) groups is 5. The fourth-order valence-corrected chi connectivity index (χ4v) is 5.43. The number of carbonyl (C=O) groups excluding carboxylic acids is 5. The molecule has 1 rings (SSSR count). The molecule has 1 aromatic rings. The van der Waals surface area contributed by atoms with Gasteiger partial charge in [0.15, 0.2) is 5.78 Å². The van der Waals surface area contributed by atoms with E-state index in [1.54, 1.807) is 0 Å². The van der Waals surface area contributed by atoms with Crippen LogP contribution in [-0.2, 0) is 30.4 Å². The highest BCUT2D eigenvalue weighted by Crippen LogP contribution is 2.25. The summed E-state index contributed by atoms with van der Waals surface area (Å²) in [4.78, 5) is 68.4. The van der Waals surface area contributed by atoms with Gasteiger partial charge in [0.1, 0.15) is 12.1 Å². The number of nitrogens with one attached hydrogen (secondary N) is 4. The molecule has 0 aromatic heterocycles. The first-order chi connectivity index (χ1) is 22.1. The molecule has 1 unspecified atom stereocenters. The monoisotopic (exact) mass is 657 g/mol. The van der Waals surface area contributed by atoms with Crippen LogP contribution in [0.2, 0.25) is 0 Å². The van der Waals surface area contributed by atoms with Crippen LogP contribution in [-0.4, -0.2) is 78.6 Å². The summed E-state index contributed by atoms with van der Waals surface area (Å²) < 4.78 is 0. The van der Waals surface area contributed by atoms with Crippen LogP contribution in [0.1, 0.15) is 106 Å². The third-order valence-electron chi connectivity index (χ3n) is 8.34. The number of hydrogen-bond donors (Lipinski definition) is 4. The molecule has 3 atom stereocenters.